The Morgan fingerprint density at radius 2 is 1.77 bits per heavy atom. The lowest BCUT2D eigenvalue weighted by Crippen LogP contribution is -2.51. The lowest BCUT2D eigenvalue weighted by molar-refractivity contribution is -0.124. The minimum atomic E-state index is -0.633. The van der Waals surface area contributed by atoms with Gasteiger partial charge in [-0.25, -0.2) is 4.39 Å². The van der Waals surface area contributed by atoms with Crippen LogP contribution in [0.1, 0.15) is 29.6 Å². The van der Waals surface area contributed by atoms with Gasteiger partial charge in [-0.3, -0.25) is 9.59 Å². The van der Waals surface area contributed by atoms with Crippen molar-refractivity contribution in [3.05, 3.63) is 62.8 Å². The Balaban J connectivity index is 1.28. The summed E-state index contributed by atoms with van der Waals surface area (Å²) in [6.07, 6.45) is 2.17. The predicted molar refractivity (Wildman–Crippen MR) is 113 cm³/mol. The summed E-state index contributed by atoms with van der Waals surface area (Å²) in [5.41, 5.74) is -0.155. The van der Waals surface area contributed by atoms with Gasteiger partial charge in [-0.15, -0.1) is 0 Å². The molecule has 158 valence electrons. The third-order valence-electron chi connectivity index (χ3n) is 5.65. The number of rotatable bonds is 6. The van der Waals surface area contributed by atoms with Crippen molar-refractivity contribution >= 4 is 46.6 Å². The maximum atomic E-state index is 13.6. The zero-order chi connectivity index (χ0) is 21.5. The molecule has 1 atom stereocenters. The van der Waals surface area contributed by atoms with Crippen molar-refractivity contribution in [3.63, 3.8) is 0 Å². The van der Waals surface area contributed by atoms with E-state index in [1.54, 1.807) is 18.2 Å². The van der Waals surface area contributed by atoms with Crippen LogP contribution in [-0.4, -0.2) is 30.0 Å². The third-order valence-corrected chi connectivity index (χ3v) is 6.70. The third kappa shape index (κ3) is 4.36. The lowest BCUT2D eigenvalue weighted by atomic mass is 9.76. The van der Waals surface area contributed by atoms with Crippen LogP contribution in [0.3, 0.4) is 0 Å². The summed E-state index contributed by atoms with van der Waals surface area (Å²) in [6, 6.07) is 8.71. The van der Waals surface area contributed by atoms with E-state index in [0.29, 0.717) is 28.1 Å². The molecule has 3 fully saturated rings. The van der Waals surface area contributed by atoms with E-state index in [0.717, 1.165) is 18.9 Å². The van der Waals surface area contributed by atoms with Crippen molar-refractivity contribution in [1.82, 2.24) is 10.6 Å². The van der Waals surface area contributed by atoms with Crippen LogP contribution in [0.25, 0.3) is 0 Å². The van der Waals surface area contributed by atoms with E-state index in [4.69, 9.17) is 39.5 Å². The first-order valence-corrected chi connectivity index (χ1v) is 10.5. The van der Waals surface area contributed by atoms with E-state index in [1.807, 2.05) is 0 Å². The van der Waals surface area contributed by atoms with Gasteiger partial charge in [0.25, 0.3) is 11.8 Å². The molecular weight excluding hydrogens is 454 g/mol. The molecule has 2 amide bonds. The van der Waals surface area contributed by atoms with E-state index >= 15 is 0 Å². The van der Waals surface area contributed by atoms with Crippen LogP contribution in [0, 0.1) is 11.7 Å². The molecule has 9 heteroatoms. The van der Waals surface area contributed by atoms with Gasteiger partial charge in [0.15, 0.2) is 6.61 Å². The highest BCUT2D eigenvalue weighted by molar-refractivity contribution is 6.42. The Hall–Kier alpha value is -2.02. The molecule has 3 saturated carbocycles. The van der Waals surface area contributed by atoms with Crippen molar-refractivity contribution in [2.75, 3.05) is 6.61 Å². The van der Waals surface area contributed by atoms with Crippen molar-refractivity contribution < 1.29 is 18.7 Å². The molecule has 0 radical (unpaired) electrons. The molecule has 0 saturated heterocycles. The van der Waals surface area contributed by atoms with Gasteiger partial charge in [0, 0.05) is 23.2 Å². The number of hydrogen-bond acceptors (Lipinski definition) is 3. The van der Waals surface area contributed by atoms with E-state index in [2.05, 4.69) is 10.6 Å². The summed E-state index contributed by atoms with van der Waals surface area (Å²) in [5.74, 6) is -0.485. The molecule has 2 aromatic carbocycles. The number of benzene rings is 2. The highest BCUT2D eigenvalue weighted by Crippen LogP contribution is 2.52. The zero-order valence-corrected chi connectivity index (χ0v) is 18.0. The van der Waals surface area contributed by atoms with Gasteiger partial charge in [0.1, 0.15) is 11.6 Å². The largest absolute Gasteiger partial charge is 0.484 e. The molecule has 3 aliphatic carbocycles. The van der Waals surface area contributed by atoms with Crippen molar-refractivity contribution in [1.29, 1.82) is 0 Å². The Morgan fingerprint density at radius 3 is 2.47 bits per heavy atom. The summed E-state index contributed by atoms with van der Waals surface area (Å²) < 4.78 is 19.1. The van der Waals surface area contributed by atoms with Gasteiger partial charge < -0.3 is 15.4 Å². The average Bonchev–Trinajstić information content (AvgIpc) is 3.18. The van der Waals surface area contributed by atoms with E-state index < -0.39 is 5.82 Å². The number of halogens is 4. The van der Waals surface area contributed by atoms with Gasteiger partial charge >= 0.3 is 0 Å². The monoisotopic (exact) mass is 470 g/mol. The first kappa shape index (κ1) is 21.2. The molecule has 0 spiro atoms. The number of fused-ring (bicyclic) bond motifs is 1. The van der Waals surface area contributed by atoms with E-state index in [9.17, 15) is 14.0 Å². The molecule has 0 heterocycles. The maximum absolute atomic E-state index is 13.6. The van der Waals surface area contributed by atoms with Crippen LogP contribution in [-0.2, 0) is 4.79 Å². The quantitative estimate of drug-likeness (QED) is 0.645. The Kier molecular flexibility index (Phi) is 5.84. The maximum Gasteiger partial charge on any atom is 0.258 e. The van der Waals surface area contributed by atoms with Crippen LogP contribution in [0.4, 0.5) is 4.39 Å². The van der Waals surface area contributed by atoms with E-state index in [1.165, 1.54) is 12.1 Å². The number of amides is 2. The zero-order valence-electron chi connectivity index (χ0n) is 15.7. The van der Waals surface area contributed by atoms with Gasteiger partial charge in [-0.2, -0.15) is 0 Å². The molecule has 0 aromatic heterocycles. The lowest BCUT2D eigenvalue weighted by Gasteiger charge is -2.39. The summed E-state index contributed by atoms with van der Waals surface area (Å²) in [4.78, 5) is 24.8. The summed E-state index contributed by atoms with van der Waals surface area (Å²) in [7, 11) is 0. The summed E-state index contributed by atoms with van der Waals surface area (Å²) >= 11 is 17.5. The fraction of sp³-hybridized carbons (Fsp3) is 0.333. The molecule has 5 rings (SSSR count). The minimum absolute atomic E-state index is 0.0276. The normalized spacial score (nSPS) is 24.1. The Labute approximate surface area is 187 Å². The van der Waals surface area contributed by atoms with Gasteiger partial charge in [0.2, 0.25) is 0 Å². The smallest absolute Gasteiger partial charge is 0.258 e. The van der Waals surface area contributed by atoms with Gasteiger partial charge in [-0.1, -0.05) is 34.8 Å². The number of carbonyl (C=O) groups excluding carboxylic acids is 2. The molecule has 30 heavy (non-hydrogen) atoms. The summed E-state index contributed by atoms with van der Waals surface area (Å²) in [6.45, 7) is -0.148. The number of carbonyl (C=O) groups is 2. The molecule has 5 nitrogen and oxygen atoms in total. The molecule has 2 N–H and O–H groups in total. The van der Waals surface area contributed by atoms with Crippen LogP contribution >= 0.6 is 34.8 Å². The predicted octanol–water partition coefficient (Wildman–Crippen LogP) is 4.63. The molecule has 2 bridgehead atoms. The highest BCUT2D eigenvalue weighted by atomic mass is 35.5. The van der Waals surface area contributed by atoms with Crippen molar-refractivity contribution in [2.24, 2.45) is 5.92 Å². The Morgan fingerprint density at radius 1 is 1.03 bits per heavy atom. The topological polar surface area (TPSA) is 67.4 Å². The second-order valence-electron chi connectivity index (χ2n) is 7.77. The van der Waals surface area contributed by atoms with E-state index in [-0.39, 0.29) is 40.6 Å². The number of hydrogen-bond donors (Lipinski definition) is 2. The molecule has 0 aliphatic heterocycles. The first-order valence-electron chi connectivity index (χ1n) is 9.39. The molecule has 2 aromatic rings. The fourth-order valence-corrected chi connectivity index (χ4v) is 4.62. The van der Waals surface area contributed by atoms with Crippen molar-refractivity contribution in [3.8, 4) is 5.75 Å². The van der Waals surface area contributed by atoms with Crippen LogP contribution in [0.2, 0.25) is 15.1 Å². The van der Waals surface area contributed by atoms with Crippen LogP contribution in [0.5, 0.6) is 5.75 Å². The molecule has 3 aliphatic rings. The molecule has 1 unspecified atom stereocenters. The van der Waals surface area contributed by atoms with Gasteiger partial charge in [0.05, 0.1) is 15.1 Å². The number of nitrogens with one attached hydrogen (secondary N) is 2. The first-order chi connectivity index (χ1) is 14.2. The van der Waals surface area contributed by atoms with Gasteiger partial charge in [-0.05, 0) is 55.5 Å². The average molecular weight is 472 g/mol. The van der Waals surface area contributed by atoms with Crippen LogP contribution in [0.15, 0.2) is 36.4 Å². The fourth-order valence-electron chi connectivity index (χ4n) is 4.22. The Bertz CT molecular complexity index is 1010. The molecular formula is C21H18Cl3FN2O3. The second-order valence-corrected chi connectivity index (χ2v) is 9.00. The van der Waals surface area contributed by atoms with Crippen LogP contribution < -0.4 is 15.4 Å². The summed E-state index contributed by atoms with van der Waals surface area (Å²) in [5, 5.41) is 6.70. The number of ether oxygens (including phenoxy) is 1. The highest BCUT2D eigenvalue weighted by Gasteiger charge is 2.57. The second kappa shape index (κ2) is 8.25. The standard InChI is InChI=1S/C21H18Cl3FN2O3/c22-14-4-2-13(6-16(14)24)30-10-19(28)26-18-9-21(7-12(18)8-21)27-20(29)11-1-3-15(23)17(25)5-11/h1-6,12,18H,7-10H2,(H,26,28)(H,27,29). The SMILES string of the molecule is O=C(COc1ccc(Cl)c(Cl)c1)NC1CC2(NC(=O)c3ccc(Cl)c(F)c3)CC1C2. The van der Waals surface area contributed by atoms with Crippen molar-refractivity contribution in [2.45, 2.75) is 30.8 Å². The minimum Gasteiger partial charge on any atom is -0.484 e.